The molecule has 0 saturated heterocycles. The summed E-state index contributed by atoms with van der Waals surface area (Å²) in [7, 11) is 0. The van der Waals surface area contributed by atoms with Gasteiger partial charge in [0, 0.05) is 34.1 Å². The summed E-state index contributed by atoms with van der Waals surface area (Å²) >= 11 is 0. The van der Waals surface area contributed by atoms with Crippen LogP contribution in [0.15, 0.2) is 388 Å². The van der Waals surface area contributed by atoms with Crippen molar-refractivity contribution in [2.45, 2.75) is 0 Å². The van der Waals surface area contributed by atoms with Crippen molar-refractivity contribution >= 4 is 89.7 Å². The Morgan fingerprint density at radius 2 is 0.396 bits per heavy atom. The van der Waals surface area contributed by atoms with Gasteiger partial charge < -0.3 is 9.80 Å². The fourth-order valence-corrected chi connectivity index (χ4v) is 13.7. The van der Waals surface area contributed by atoms with Crippen molar-refractivity contribution in [3.63, 3.8) is 0 Å². The largest absolute Gasteiger partial charge is 0.311 e. The molecule has 452 valence electrons. The van der Waals surface area contributed by atoms with Crippen molar-refractivity contribution in [2.24, 2.45) is 0 Å². The molecule has 16 aromatic carbocycles. The SMILES string of the molecule is C(=C(c1ccccc1)c1ccccc1)c1ccc(N(c2ccccc2)c2ccc(-c3ccc(-c4cc5c6ccccc6c(-c6ccc(-c7ccc(N(c8ccccc8)c8ccc(C=C(c9ccccc9)c9ccccc9)cc8)cc7)cc6)cc5c5ccccc45)cc3)cc2)cc1. The molecular weight excluding hydrogens is 1160 g/mol. The quantitative estimate of drug-likeness (QED) is 0.0703. The fourth-order valence-electron chi connectivity index (χ4n) is 13.7. The lowest BCUT2D eigenvalue weighted by Crippen LogP contribution is -2.09. The highest BCUT2D eigenvalue weighted by molar-refractivity contribution is 6.24. The highest BCUT2D eigenvalue weighted by Crippen LogP contribution is 2.44. The van der Waals surface area contributed by atoms with E-state index in [1.54, 1.807) is 0 Å². The van der Waals surface area contributed by atoms with Gasteiger partial charge in [0.25, 0.3) is 0 Å². The van der Waals surface area contributed by atoms with Gasteiger partial charge in [0.2, 0.25) is 0 Å². The average molecular weight is 1220 g/mol. The summed E-state index contributed by atoms with van der Waals surface area (Å²) in [5, 5.41) is 7.44. The van der Waals surface area contributed by atoms with E-state index in [0.717, 1.165) is 56.4 Å². The van der Waals surface area contributed by atoms with Crippen LogP contribution in [0.4, 0.5) is 34.1 Å². The number of hydrogen-bond donors (Lipinski definition) is 0. The second-order valence-electron chi connectivity index (χ2n) is 24.4. The molecule has 0 spiro atoms. The molecule has 0 heterocycles. The molecule has 0 aliphatic rings. The maximum Gasteiger partial charge on any atom is 0.0462 e. The zero-order chi connectivity index (χ0) is 64.0. The molecule has 0 saturated carbocycles. The molecule has 2 nitrogen and oxygen atoms in total. The number of anilines is 6. The summed E-state index contributed by atoms with van der Waals surface area (Å²) in [6.45, 7) is 0. The van der Waals surface area contributed by atoms with E-state index in [4.69, 9.17) is 0 Å². The Morgan fingerprint density at radius 3 is 0.688 bits per heavy atom. The minimum atomic E-state index is 1.09. The molecule has 0 radical (unpaired) electrons. The Kier molecular flexibility index (Phi) is 16.2. The van der Waals surface area contributed by atoms with Crippen LogP contribution >= 0.6 is 0 Å². The standard InChI is InChI=1S/C94H66N2/c1-7-23-73(24-8-1)89(74-25-9-2-10-26-74)63-67-39-55-81(56-40-67)95(79-31-15-5-16-32-79)83-59-51-71(52-60-83)69-43-47-77(48-44-69)91-65-93-88-38-22-20-36-86(88)92(66-94(93)87-37-21-19-35-85(87)91)78-49-45-70(46-50-78)72-53-61-84(62-54-72)96(80-33-17-6-18-34-80)82-57-41-68(42-58-82)64-90(75-27-11-3-12-28-75)76-29-13-4-14-30-76/h1-66H. The molecule has 0 fully saturated rings. The van der Waals surface area contributed by atoms with Crippen LogP contribution in [-0.4, -0.2) is 0 Å². The van der Waals surface area contributed by atoms with Crippen LogP contribution in [-0.2, 0) is 0 Å². The average Bonchev–Trinajstić information content (AvgIpc) is 0.771. The maximum atomic E-state index is 2.42. The van der Waals surface area contributed by atoms with Crippen molar-refractivity contribution < 1.29 is 0 Å². The summed E-state index contributed by atoms with van der Waals surface area (Å²) < 4.78 is 0. The number of hydrogen-bond acceptors (Lipinski definition) is 2. The van der Waals surface area contributed by atoms with Crippen LogP contribution < -0.4 is 9.80 Å². The van der Waals surface area contributed by atoms with Gasteiger partial charge in [-0.25, -0.2) is 0 Å². The van der Waals surface area contributed by atoms with Crippen LogP contribution in [0.5, 0.6) is 0 Å². The molecule has 16 rings (SSSR count). The topological polar surface area (TPSA) is 6.48 Å². The van der Waals surface area contributed by atoms with Gasteiger partial charge in [-0.2, -0.15) is 0 Å². The van der Waals surface area contributed by atoms with Crippen molar-refractivity contribution in [1.82, 2.24) is 0 Å². The number of para-hydroxylation sites is 2. The molecule has 16 aromatic rings. The summed E-state index contributed by atoms with van der Waals surface area (Å²) in [6.07, 6.45) is 4.58. The maximum absolute atomic E-state index is 2.42. The first kappa shape index (κ1) is 58.5. The predicted molar refractivity (Wildman–Crippen MR) is 410 cm³/mol. The molecule has 0 aliphatic carbocycles. The van der Waals surface area contributed by atoms with E-state index >= 15 is 0 Å². The molecule has 0 unspecified atom stereocenters. The van der Waals surface area contributed by atoms with Crippen LogP contribution in [0.25, 0.3) is 100 Å². The van der Waals surface area contributed by atoms with Gasteiger partial charge in [0.15, 0.2) is 0 Å². The highest BCUT2D eigenvalue weighted by Gasteiger charge is 2.19. The first-order valence-corrected chi connectivity index (χ1v) is 32.9. The molecule has 0 bridgehead atoms. The molecule has 96 heavy (non-hydrogen) atoms. The fraction of sp³-hybridized carbons (Fsp3) is 0. The summed E-state index contributed by atoms with van der Waals surface area (Å²) in [4.78, 5) is 4.66. The monoisotopic (exact) mass is 1220 g/mol. The molecule has 0 amide bonds. The smallest absolute Gasteiger partial charge is 0.0462 e. The van der Waals surface area contributed by atoms with Crippen LogP contribution in [0.2, 0.25) is 0 Å². The van der Waals surface area contributed by atoms with Crippen LogP contribution in [0, 0.1) is 0 Å². The van der Waals surface area contributed by atoms with Crippen molar-refractivity contribution in [3.05, 3.63) is 422 Å². The summed E-state index contributed by atoms with van der Waals surface area (Å²) in [6, 6.07) is 141. The van der Waals surface area contributed by atoms with E-state index in [1.165, 1.54) is 99.1 Å². The second kappa shape index (κ2) is 26.5. The number of benzene rings is 16. The van der Waals surface area contributed by atoms with Crippen LogP contribution in [0.3, 0.4) is 0 Å². The molecule has 0 atom stereocenters. The predicted octanol–water partition coefficient (Wildman–Crippen LogP) is 25.9. The Morgan fingerprint density at radius 1 is 0.177 bits per heavy atom. The third-order valence-corrected chi connectivity index (χ3v) is 18.5. The van der Waals surface area contributed by atoms with Crippen molar-refractivity contribution in [1.29, 1.82) is 0 Å². The molecular formula is C94H66N2. The summed E-state index contributed by atoms with van der Waals surface area (Å²) in [5.41, 5.74) is 25.5. The van der Waals surface area contributed by atoms with E-state index in [-0.39, 0.29) is 0 Å². The molecule has 0 N–H and O–H groups in total. The van der Waals surface area contributed by atoms with Crippen molar-refractivity contribution in [2.75, 3.05) is 9.80 Å². The first-order chi connectivity index (χ1) is 47.6. The number of rotatable bonds is 16. The Balaban J connectivity index is 0.661. The van der Waals surface area contributed by atoms with Gasteiger partial charge in [-0.05, 0) is 218 Å². The van der Waals surface area contributed by atoms with Gasteiger partial charge in [-0.3, -0.25) is 0 Å². The van der Waals surface area contributed by atoms with Gasteiger partial charge in [-0.15, -0.1) is 0 Å². The van der Waals surface area contributed by atoms with E-state index in [1.807, 2.05) is 0 Å². The second-order valence-corrected chi connectivity index (χ2v) is 24.4. The Labute approximate surface area is 562 Å². The zero-order valence-corrected chi connectivity index (χ0v) is 53.0. The minimum Gasteiger partial charge on any atom is -0.311 e. The Bertz CT molecular complexity index is 4970. The molecule has 0 aliphatic heterocycles. The number of fused-ring (bicyclic) bond motifs is 5. The minimum absolute atomic E-state index is 1.09. The molecule has 2 heteroatoms. The third kappa shape index (κ3) is 12.0. The first-order valence-electron chi connectivity index (χ1n) is 32.9. The lowest BCUT2D eigenvalue weighted by Gasteiger charge is -2.26. The van der Waals surface area contributed by atoms with E-state index in [2.05, 4.69) is 410 Å². The van der Waals surface area contributed by atoms with Gasteiger partial charge in [0.05, 0.1) is 0 Å². The van der Waals surface area contributed by atoms with Gasteiger partial charge >= 0.3 is 0 Å². The normalized spacial score (nSPS) is 11.1. The van der Waals surface area contributed by atoms with E-state index < -0.39 is 0 Å². The van der Waals surface area contributed by atoms with E-state index in [0.29, 0.717) is 0 Å². The van der Waals surface area contributed by atoms with E-state index in [9.17, 15) is 0 Å². The third-order valence-electron chi connectivity index (χ3n) is 18.5. The highest BCUT2D eigenvalue weighted by atomic mass is 15.1. The van der Waals surface area contributed by atoms with Crippen LogP contribution in [0.1, 0.15) is 33.4 Å². The van der Waals surface area contributed by atoms with Gasteiger partial charge in [0.1, 0.15) is 0 Å². The lowest BCUT2D eigenvalue weighted by atomic mass is 9.87. The lowest BCUT2D eigenvalue weighted by molar-refractivity contribution is 1.28. The molecule has 0 aromatic heterocycles. The van der Waals surface area contributed by atoms with Crippen molar-refractivity contribution in [3.8, 4) is 44.5 Å². The van der Waals surface area contributed by atoms with Gasteiger partial charge in [-0.1, -0.05) is 303 Å². The Hall–Kier alpha value is -12.6. The number of nitrogens with zero attached hydrogens (tertiary/aromatic N) is 2. The zero-order valence-electron chi connectivity index (χ0n) is 53.0. The summed E-state index contributed by atoms with van der Waals surface area (Å²) in [5.74, 6) is 0.